The minimum absolute atomic E-state index is 0.429. The number of nitrogens with one attached hydrogen (secondary N) is 1. The Morgan fingerprint density at radius 3 is 2.62 bits per heavy atom. The van der Waals surface area contributed by atoms with Crippen LogP contribution in [0.15, 0.2) is 36.4 Å². The second-order valence-electron chi connectivity index (χ2n) is 4.76. The molecule has 1 aromatic carbocycles. The van der Waals surface area contributed by atoms with Crippen LogP contribution in [0.5, 0.6) is 0 Å². The summed E-state index contributed by atoms with van der Waals surface area (Å²) < 4.78 is 5.40. The lowest BCUT2D eigenvalue weighted by atomic mass is 10.2. The number of anilines is 2. The molecule has 2 aromatic rings. The molecule has 0 saturated carbocycles. The van der Waals surface area contributed by atoms with Crippen molar-refractivity contribution >= 4 is 11.6 Å². The molecular formula is C16H22N4O. The van der Waals surface area contributed by atoms with Crippen molar-refractivity contribution < 1.29 is 4.74 Å². The first-order chi connectivity index (χ1) is 10.2. The maximum Gasteiger partial charge on any atom is 0.158 e. The predicted octanol–water partition coefficient (Wildman–Crippen LogP) is 2.69. The second-order valence-corrected chi connectivity index (χ2v) is 4.76. The summed E-state index contributed by atoms with van der Waals surface area (Å²) in [5.74, 6) is 2.38. The first kappa shape index (κ1) is 15.3. The van der Waals surface area contributed by atoms with Crippen molar-refractivity contribution in [3.63, 3.8) is 0 Å². The minimum Gasteiger partial charge on any atom is -0.374 e. The van der Waals surface area contributed by atoms with E-state index in [-0.39, 0.29) is 0 Å². The van der Waals surface area contributed by atoms with Gasteiger partial charge < -0.3 is 15.0 Å². The van der Waals surface area contributed by atoms with E-state index in [0.29, 0.717) is 19.0 Å². The zero-order valence-corrected chi connectivity index (χ0v) is 12.8. The maximum absolute atomic E-state index is 5.40. The average Bonchev–Trinajstić information content (AvgIpc) is 2.53. The SMILES string of the molecule is CCOCc1nc(NC)cc(N(C)Cc2ccccc2)n1. The first-order valence-corrected chi connectivity index (χ1v) is 7.11. The summed E-state index contributed by atoms with van der Waals surface area (Å²) in [5.41, 5.74) is 1.25. The molecule has 0 aliphatic carbocycles. The molecule has 0 radical (unpaired) electrons. The van der Waals surface area contributed by atoms with Gasteiger partial charge in [0.1, 0.15) is 18.2 Å². The molecule has 0 amide bonds. The van der Waals surface area contributed by atoms with Gasteiger partial charge in [-0.2, -0.15) is 0 Å². The Kier molecular flexibility index (Phi) is 5.51. The molecule has 0 fully saturated rings. The molecule has 0 aliphatic heterocycles. The van der Waals surface area contributed by atoms with Crippen LogP contribution in [-0.4, -0.2) is 30.7 Å². The zero-order chi connectivity index (χ0) is 15.1. The monoisotopic (exact) mass is 286 g/mol. The number of ether oxygens (including phenoxy) is 1. The minimum atomic E-state index is 0.429. The molecule has 0 spiro atoms. The molecule has 21 heavy (non-hydrogen) atoms. The fourth-order valence-corrected chi connectivity index (χ4v) is 2.00. The maximum atomic E-state index is 5.40. The van der Waals surface area contributed by atoms with Crippen molar-refractivity contribution in [3.8, 4) is 0 Å². The number of nitrogens with zero attached hydrogens (tertiary/aromatic N) is 3. The van der Waals surface area contributed by atoms with Crippen molar-refractivity contribution in [1.29, 1.82) is 0 Å². The van der Waals surface area contributed by atoms with Crippen LogP contribution in [0.3, 0.4) is 0 Å². The Labute approximate surface area is 126 Å². The largest absolute Gasteiger partial charge is 0.374 e. The van der Waals surface area contributed by atoms with Crippen molar-refractivity contribution in [1.82, 2.24) is 9.97 Å². The molecule has 1 heterocycles. The highest BCUT2D eigenvalue weighted by atomic mass is 16.5. The Balaban J connectivity index is 2.16. The van der Waals surface area contributed by atoms with Gasteiger partial charge in [0.15, 0.2) is 5.82 Å². The molecule has 0 bridgehead atoms. The van der Waals surface area contributed by atoms with Gasteiger partial charge >= 0.3 is 0 Å². The van der Waals surface area contributed by atoms with E-state index in [4.69, 9.17) is 4.74 Å². The van der Waals surface area contributed by atoms with Crippen molar-refractivity contribution in [2.75, 3.05) is 30.9 Å². The summed E-state index contributed by atoms with van der Waals surface area (Å²) in [4.78, 5) is 11.1. The van der Waals surface area contributed by atoms with Crippen molar-refractivity contribution in [2.24, 2.45) is 0 Å². The van der Waals surface area contributed by atoms with Gasteiger partial charge in [0.25, 0.3) is 0 Å². The highest BCUT2D eigenvalue weighted by molar-refractivity contribution is 5.49. The molecule has 1 aromatic heterocycles. The Morgan fingerprint density at radius 1 is 1.19 bits per heavy atom. The van der Waals surface area contributed by atoms with E-state index in [1.54, 1.807) is 0 Å². The lowest BCUT2D eigenvalue weighted by Gasteiger charge is -2.19. The van der Waals surface area contributed by atoms with Gasteiger partial charge in [-0.25, -0.2) is 9.97 Å². The van der Waals surface area contributed by atoms with Crippen LogP contribution in [-0.2, 0) is 17.9 Å². The molecule has 0 saturated heterocycles. The van der Waals surface area contributed by atoms with Crippen molar-refractivity contribution in [3.05, 3.63) is 47.8 Å². The van der Waals surface area contributed by atoms with E-state index < -0.39 is 0 Å². The predicted molar refractivity (Wildman–Crippen MR) is 85.5 cm³/mol. The van der Waals surface area contributed by atoms with Gasteiger partial charge in [0, 0.05) is 33.3 Å². The first-order valence-electron chi connectivity index (χ1n) is 7.11. The fourth-order valence-electron chi connectivity index (χ4n) is 2.00. The number of rotatable bonds is 7. The van der Waals surface area contributed by atoms with Gasteiger partial charge in [-0.15, -0.1) is 0 Å². The van der Waals surface area contributed by atoms with Crippen LogP contribution < -0.4 is 10.2 Å². The Bertz CT molecular complexity index is 559. The van der Waals surface area contributed by atoms with Gasteiger partial charge in [-0.3, -0.25) is 0 Å². The summed E-state index contributed by atoms with van der Waals surface area (Å²) in [6, 6.07) is 12.3. The van der Waals surface area contributed by atoms with E-state index in [1.165, 1.54) is 5.56 Å². The normalized spacial score (nSPS) is 10.4. The quantitative estimate of drug-likeness (QED) is 0.848. The highest BCUT2D eigenvalue weighted by Gasteiger charge is 2.08. The topological polar surface area (TPSA) is 50.3 Å². The zero-order valence-electron chi connectivity index (χ0n) is 12.8. The van der Waals surface area contributed by atoms with E-state index in [2.05, 4.69) is 32.3 Å². The third-order valence-corrected chi connectivity index (χ3v) is 3.10. The smallest absolute Gasteiger partial charge is 0.158 e. The van der Waals surface area contributed by atoms with Crippen LogP contribution in [0, 0.1) is 0 Å². The van der Waals surface area contributed by atoms with Crippen LogP contribution in [0.2, 0.25) is 0 Å². The van der Waals surface area contributed by atoms with Crippen LogP contribution in [0.1, 0.15) is 18.3 Å². The third-order valence-electron chi connectivity index (χ3n) is 3.10. The molecule has 0 aliphatic rings. The second kappa shape index (κ2) is 7.59. The highest BCUT2D eigenvalue weighted by Crippen LogP contribution is 2.17. The Morgan fingerprint density at radius 2 is 1.95 bits per heavy atom. The summed E-state index contributed by atoms with van der Waals surface area (Å²) in [6.07, 6.45) is 0. The van der Waals surface area contributed by atoms with E-state index in [0.717, 1.165) is 18.2 Å². The van der Waals surface area contributed by atoms with Crippen LogP contribution in [0.25, 0.3) is 0 Å². The fraction of sp³-hybridized carbons (Fsp3) is 0.375. The van der Waals surface area contributed by atoms with E-state index >= 15 is 0 Å². The average molecular weight is 286 g/mol. The van der Waals surface area contributed by atoms with E-state index in [1.807, 2.05) is 45.3 Å². The lowest BCUT2D eigenvalue weighted by Crippen LogP contribution is -2.19. The number of aromatic nitrogens is 2. The summed E-state index contributed by atoms with van der Waals surface area (Å²) in [5, 5.41) is 3.07. The lowest BCUT2D eigenvalue weighted by molar-refractivity contribution is 0.128. The number of hydrogen-bond acceptors (Lipinski definition) is 5. The van der Waals surface area contributed by atoms with Gasteiger partial charge in [0.2, 0.25) is 0 Å². The van der Waals surface area contributed by atoms with E-state index in [9.17, 15) is 0 Å². The molecule has 5 nitrogen and oxygen atoms in total. The Hall–Kier alpha value is -2.14. The molecule has 1 N–H and O–H groups in total. The molecule has 0 atom stereocenters. The van der Waals surface area contributed by atoms with Crippen molar-refractivity contribution in [2.45, 2.75) is 20.1 Å². The summed E-state index contributed by atoms with van der Waals surface area (Å²) >= 11 is 0. The van der Waals surface area contributed by atoms with Crippen LogP contribution >= 0.6 is 0 Å². The summed E-state index contributed by atoms with van der Waals surface area (Å²) in [7, 11) is 3.88. The summed E-state index contributed by atoms with van der Waals surface area (Å²) in [6.45, 7) is 3.85. The van der Waals surface area contributed by atoms with Gasteiger partial charge in [-0.1, -0.05) is 30.3 Å². The molecule has 5 heteroatoms. The molecule has 2 rings (SSSR count). The van der Waals surface area contributed by atoms with Crippen LogP contribution in [0.4, 0.5) is 11.6 Å². The number of benzene rings is 1. The molecular weight excluding hydrogens is 264 g/mol. The number of hydrogen-bond donors (Lipinski definition) is 1. The standard InChI is InChI=1S/C16H22N4O/c1-4-21-12-15-18-14(17-2)10-16(19-15)20(3)11-13-8-6-5-7-9-13/h5-10H,4,11-12H2,1-3H3,(H,17,18,19). The van der Waals surface area contributed by atoms with Gasteiger partial charge in [0.05, 0.1) is 0 Å². The molecule has 112 valence electrons. The van der Waals surface area contributed by atoms with Gasteiger partial charge in [-0.05, 0) is 12.5 Å². The third kappa shape index (κ3) is 4.43. The molecule has 0 unspecified atom stereocenters.